The van der Waals surface area contributed by atoms with E-state index in [0.29, 0.717) is 39.8 Å². The third kappa shape index (κ3) is 3.83. The Hall–Kier alpha value is -2.05. The average molecular weight is 484 g/mol. The molecule has 1 aliphatic heterocycles. The number of hydrogen-bond donors (Lipinski definition) is 2. The number of likely N-dealkylation sites (tertiary alicyclic amines) is 1. The zero-order valence-electron chi connectivity index (χ0n) is 15.8. The molecule has 1 aliphatic rings. The summed E-state index contributed by atoms with van der Waals surface area (Å²) in [4.78, 5) is 19.3. The molecule has 0 radical (unpaired) electrons. The summed E-state index contributed by atoms with van der Waals surface area (Å²) < 4.78 is 28.3. The van der Waals surface area contributed by atoms with Gasteiger partial charge in [0.05, 0.1) is 15.1 Å². The van der Waals surface area contributed by atoms with Crippen molar-refractivity contribution in [2.75, 3.05) is 13.6 Å². The number of nitrogens with two attached hydrogens (primary N) is 1. The summed E-state index contributed by atoms with van der Waals surface area (Å²) in [5, 5.41) is 9.63. The molecule has 8 nitrogen and oxygen atoms in total. The number of hydrogen-bond acceptors (Lipinski definition) is 7. The topological polar surface area (TPSA) is 120 Å². The summed E-state index contributed by atoms with van der Waals surface area (Å²) in [6, 6.07) is 5.85. The molecule has 3 aromatic heterocycles. The Morgan fingerprint density at radius 2 is 2.20 bits per heavy atom. The molecule has 30 heavy (non-hydrogen) atoms. The van der Waals surface area contributed by atoms with Crippen molar-refractivity contribution in [1.82, 2.24) is 14.2 Å². The lowest BCUT2D eigenvalue weighted by Gasteiger charge is -2.22. The van der Waals surface area contributed by atoms with Crippen molar-refractivity contribution in [2.45, 2.75) is 23.2 Å². The predicted octanol–water partition coefficient (Wildman–Crippen LogP) is 2.72. The maximum absolute atomic E-state index is 13.1. The molecule has 1 saturated heterocycles. The Kier molecular flexibility index (Phi) is 5.58. The molecule has 3 N–H and O–H groups in total. The number of carbonyl (C=O) groups is 1. The van der Waals surface area contributed by atoms with Crippen molar-refractivity contribution >= 4 is 66.3 Å². The molecule has 1 fully saturated rings. The van der Waals surface area contributed by atoms with Crippen molar-refractivity contribution in [3.05, 3.63) is 45.2 Å². The van der Waals surface area contributed by atoms with Crippen molar-refractivity contribution in [1.29, 1.82) is 5.41 Å². The number of amides is 1. The summed E-state index contributed by atoms with van der Waals surface area (Å²) >= 11 is 8.34. The summed E-state index contributed by atoms with van der Waals surface area (Å²) in [6.07, 6.45) is 0.410. The van der Waals surface area contributed by atoms with Gasteiger partial charge >= 0.3 is 0 Å². The minimum Gasteiger partial charge on any atom is -0.383 e. The van der Waals surface area contributed by atoms with Crippen LogP contribution in [0, 0.1) is 5.41 Å². The first-order valence-electron chi connectivity index (χ1n) is 8.91. The summed E-state index contributed by atoms with van der Waals surface area (Å²) in [5.41, 5.74) is 6.88. The Bertz CT molecular complexity index is 1250. The van der Waals surface area contributed by atoms with E-state index in [-0.39, 0.29) is 16.0 Å². The molecule has 0 aliphatic carbocycles. The Morgan fingerprint density at radius 3 is 2.90 bits per heavy atom. The first-order valence-corrected chi connectivity index (χ1v) is 12.4. The van der Waals surface area contributed by atoms with E-state index in [1.165, 1.54) is 24.5 Å². The highest BCUT2D eigenvalue weighted by atomic mass is 35.5. The third-order valence-electron chi connectivity index (χ3n) is 4.95. The fraction of sp³-hybridized carbons (Fsp3) is 0.278. The number of carbonyl (C=O) groups excluding carboxylic acids is 1. The first-order chi connectivity index (χ1) is 14.2. The number of nitrogens with one attached hydrogen (secondary N) is 1. The SMILES string of the molecule is CN(C1CCN(Cc2csc(C(=N)N)c2)C1=O)S(=O)(=O)c1cc2nc(Cl)ccc2s1. The van der Waals surface area contributed by atoms with E-state index >= 15 is 0 Å². The van der Waals surface area contributed by atoms with Gasteiger partial charge in [-0.1, -0.05) is 11.6 Å². The van der Waals surface area contributed by atoms with Gasteiger partial charge in [-0.05, 0) is 41.6 Å². The molecule has 158 valence electrons. The van der Waals surface area contributed by atoms with E-state index in [2.05, 4.69) is 4.98 Å². The number of halogens is 1. The third-order valence-corrected chi connectivity index (χ3v) is 9.58. The minimum absolute atomic E-state index is 0.0122. The van der Waals surface area contributed by atoms with Gasteiger partial charge in [-0.3, -0.25) is 10.2 Å². The fourth-order valence-corrected chi connectivity index (χ4v) is 7.12. The van der Waals surface area contributed by atoms with Gasteiger partial charge in [-0.15, -0.1) is 22.7 Å². The van der Waals surface area contributed by atoms with Gasteiger partial charge in [0.1, 0.15) is 21.2 Å². The van der Waals surface area contributed by atoms with Crippen LogP contribution in [0.2, 0.25) is 5.15 Å². The van der Waals surface area contributed by atoms with Crippen LogP contribution in [-0.4, -0.2) is 54.0 Å². The summed E-state index contributed by atoms with van der Waals surface area (Å²) in [6.45, 7) is 0.816. The molecule has 0 spiro atoms. The van der Waals surface area contributed by atoms with Crippen LogP contribution in [-0.2, 0) is 21.4 Å². The number of fused-ring (bicyclic) bond motifs is 1. The maximum atomic E-state index is 13.1. The van der Waals surface area contributed by atoms with Crippen LogP contribution in [0.25, 0.3) is 10.2 Å². The van der Waals surface area contributed by atoms with Crippen molar-refractivity contribution < 1.29 is 13.2 Å². The molecule has 0 saturated carbocycles. The average Bonchev–Trinajstić information content (AvgIpc) is 3.40. The number of likely N-dealkylation sites (N-methyl/N-ethyl adjacent to an activating group) is 1. The van der Waals surface area contributed by atoms with Crippen LogP contribution in [0.4, 0.5) is 0 Å². The molecule has 12 heteroatoms. The van der Waals surface area contributed by atoms with Crippen molar-refractivity contribution in [2.24, 2.45) is 5.73 Å². The molecule has 1 unspecified atom stereocenters. The lowest BCUT2D eigenvalue weighted by molar-refractivity contribution is -0.131. The van der Waals surface area contributed by atoms with E-state index in [0.717, 1.165) is 21.2 Å². The number of pyridine rings is 1. The zero-order valence-corrected chi connectivity index (χ0v) is 19.0. The van der Waals surface area contributed by atoms with E-state index < -0.39 is 16.1 Å². The normalized spacial score (nSPS) is 17.4. The Labute approximate surface area is 186 Å². The number of aromatic nitrogens is 1. The lowest BCUT2D eigenvalue weighted by Crippen LogP contribution is -2.42. The van der Waals surface area contributed by atoms with Gasteiger partial charge in [0.25, 0.3) is 10.0 Å². The Balaban J connectivity index is 1.52. The van der Waals surface area contributed by atoms with Gasteiger partial charge in [0, 0.05) is 20.1 Å². The van der Waals surface area contributed by atoms with Gasteiger partial charge in [-0.25, -0.2) is 13.4 Å². The second-order valence-electron chi connectivity index (χ2n) is 6.90. The number of sulfonamides is 1. The molecule has 4 heterocycles. The number of thiophene rings is 2. The molecular weight excluding hydrogens is 466 g/mol. The summed E-state index contributed by atoms with van der Waals surface area (Å²) in [7, 11) is -2.42. The molecule has 4 rings (SSSR count). The second-order valence-corrected chi connectivity index (χ2v) is 11.5. The lowest BCUT2D eigenvalue weighted by atomic mass is 10.2. The van der Waals surface area contributed by atoms with Crippen molar-refractivity contribution in [3.8, 4) is 0 Å². The highest BCUT2D eigenvalue weighted by Crippen LogP contribution is 2.32. The molecular formula is C18H18ClN5O3S3. The number of amidine groups is 1. The number of nitrogen functional groups attached to an aromatic ring is 1. The van der Waals surface area contributed by atoms with E-state index in [4.69, 9.17) is 22.7 Å². The second kappa shape index (κ2) is 7.89. The highest BCUT2D eigenvalue weighted by Gasteiger charge is 2.40. The Morgan fingerprint density at radius 1 is 1.43 bits per heavy atom. The molecule has 1 amide bonds. The van der Waals surface area contributed by atoms with E-state index in [1.54, 1.807) is 23.1 Å². The maximum Gasteiger partial charge on any atom is 0.253 e. The summed E-state index contributed by atoms with van der Waals surface area (Å²) in [5.74, 6) is -0.249. The van der Waals surface area contributed by atoms with E-state index in [9.17, 15) is 13.2 Å². The van der Waals surface area contributed by atoms with Gasteiger partial charge < -0.3 is 10.6 Å². The van der Waals surface area contributed by atoms with Crippen LogP contribution in [0.3, 0.4) is 0 Å². The number of rotatable bonds is 6. The predicted molar refractivity (Wildman–Crippen MR) is 119 cm³/mol. The van der Waals surface area contributed by atoms with Gasteiger partial charge in [0.2, 0.25) is 5.91 Å². The largest absolute Gasteiger partial charge is 0.383 e. The number of nitrogens with zero attached hydrogens (tertiary/aromatic N) is 3. The molecule has 0 aromatic carbocycles. The quantitative estimate of drug-likeness (QED) is 0.317. The minimum atomic E-state index is -3.85. The fourth-order valence-electron chi connectivity index (χ4n) is 3.35. The van der Waals surface area contributed by atoms with Crippen molar-refractivity contribution in [3.63, 3.8) is 0 Å². The smallest absolute Gasteiger partial charge is 0.253 e. The van der Waals surface area contributed by atoms with Gasteiger partial charge in [-0.2, -0.15) is 4.31 Å². The standard InChI is InChI=1S/C18H18ClN5O3S3/c1-23(30(26,27)16-7-11-13(29-16)2-3-15(19)22-11)12-4-5-24(18(12)25)8-10-6-14(17(20)21)28-9-10/h2-3,6-7,9,12H,4-5,8H2,1H3,(H3,20,21). The monoisotopic (exact) mass is 483 g/mol. The van der Waals surface area contributed by atoms with Crippen LogP contribution in [0.15, 0.2) is 33.9 Å². The molecule has 1 atom stereocenters. The first kappa shape index (κ1) is 21.2. The van der Waals surface area contributed by atoms with Crippen LogP contribution in [0.1, 0.15) is 16.9 Å². The van der Waals surface area contributed by atoms with E-state index in [1.807, 2.05) is 5.38 Å². The molecule has 0 bridgehead atoms. The molecule has 3 aromatic rings. The van der Waals surface area contributed by atoms with Crippen LogP contribution < -0.4 is 5.73 Å². The highest BCUT2D eigenvalue weighted by molar-refractivity contribution is 7.91. The van der Waals surface area contributed by atoms with Crippen LogP contribution >= 0.6 is 34.3 Å². The van der Waals surface area contributed by atoms with Gasteiger partial charge in [0.15, 0.2) is 0 Å². The van der Waals surface area contributed by atoms with Crippen LogP contribution in [0.5, 0.6) is 0 Å². The zero-order chi connectivity index (χ0) is 21.6.